The lowest BCUT2D eigenvalue weighted by Crippen LogP contribution is -2.32. The molecule has 1 aromatic heterocycles. The van der Waals surface area contributed by atoms with Gasteiger partial charge in [-0.2, -0.15) is 0 Å². The number of benzene rings is 1. The van der Waals surface area contributed by atoms with E-state index < -0.39 is 5.97 Å². The van der Waals surface area contributed by atoms with Crippen LogP contribution in [0.5, 0.6) is 0 Å². The van der Waals surface area contributed by atoms with Crippen LogP contribution in [0.4, 0.5) is 4.39 Å². The van der Waals surface area contributed by atoms with Crippen LogP contribution in [0.3, 0.4) is 0 Å². The second-order valence-corrected chi connectivity index (χ2v) is 6.78. The monoisotopic (exact) mass is 333 g/mol. The van der Waals surface area contributed by atoms with Crippen molar-refractivity contribution in [2.75, 3.05) is 0 Å². The molecule has 2 N–H and O–H groups in total. The highest BCUT2D eigenvalue weighted by Crippen LogP contribution is 2.34. The number of aromatic carboxylic acids is 1. The molecule has 2 atom stereocenters. The fourth-order valence-corrected chi connectivity index (χ4v) is 3.73. The van der Waals surface area contributed by atoms with Crippen LogP contribution in [-0.2, 0) is 0 Å². The molecule has 23 heavy (non-hydrogen) atoms. The molecular weight excluding hydrogens is 317 g/mol. The minimum Gasteiger partial charge on any atom is -0.477 e. The van der Waals surface area contributed by atoms with Crippen molar-refractivity contribution in [3.63, 3.8) is 0 Å². The van der Waals surface area contributed by atoms with Crippen molar-refractivity contribution in [2.45, 2.75) is 31.2 Å². The van der Waals surface area contributed by atoms with Crippen LogP contribution < -0.4 is 5.32 Å². The molecule has 0 spiro atoms. The molecule has 0 saturated heterocycles. The molecule has 1 fully saturated rings. The van der Waals surface area contributed by atoms with Crippen LogP contribution >= 0.6 is 11.3 Å². The number of carbonyl (C=O) groups is 2. The highest BCUT2D eigenvalue weighted by molar-refractivity contribution is 7.15. The van der Waals surface area contributed by atoms with E-state index in [4.69, 9.17) is 5.11 Å². The van der Waals surface area contributed by atoms with E-state index >= 15 is 0 Å². The van der Waals surface area contributed by atoms with Crippen molar-refractivity contribution in [3.8, 4) is 0 Å². The van der Waals surface area contributed by atoms with E-state index in [0.717, 1.165) is 36.2 Å². The second kappa shape index (κ2) is 6.50. The molecule has 1 aromatic carbocycles. The van der Waals surface area contributed by atoms with Crippen LogP contribution in [-0.4, -0.2) is 23.0 Å². The number of hydrogen-bond acceptors (Lipinski definition) is 3. The van der Waals surface area contributed by atoms with Crippen LogP contribution in [0.25, 0.3) is 0 Å². The summed E-state index contributed by atoms with van der Waals surface area (Å²) in [4.78, 5) is 23.6. The number of thiophene rings is 1. The minimum atomic E-state index is -1.02. The molecule has 0 bridgehead atoms. The van der Waals surface area contributed by atoms with E-state index in [2.05, 4.69) is 5.32 Å². The first kappa shape index (κ1) is 15.7. The summed E-state index contributed by atoms with van der Waals surface area (Å²) in [5.74, 6) is -1.18. The lowest BCUT2D eigenvalue weighted by molar-refractivity contribution is 0.0702. The van der Waals surface area contributed by atoms with Crippen molar-refractivity contribution in [1.82, 2.24) is 5.32 Å². The molecule has 3 rings (SSSR count). The van der Waals surface area contributed by atoms with Crippen LogP contribution in [0.1, 0.15) is 50.1 Å². The van der Waals surface area contributed by atoms with Crippen LogP contribution in [0, 0.1) is 5.82 Å². The van der Waals surface area contributed by atoms with E-state index in [1.54, 1.807) is 12.1 Å². The Morgan fingerprint density at radius 2 is 1.78 bits per heavy atom. The van der Waals surface area contributed by atoms with Gasteiger partial charge in [0.05, 0.1) is 4.88 Å². The van der Waals surface area contributed by atoms with E-state index in [0.29, 0.717) is 10.8 Å². The number of carbonyl (C=O) groups excluding carboxylic acids is 1. The number of rotatable bonds is 4. The molecule has 1 aliphatic rings. The smallest absolute Gasteiger partial charge is 0.345 e. The van der Waals surface area contributed by atoms with Gasteiger partial charge in [-0.1, -0.05) is 12.1 Å². The molecule has 1 aliphatic carbocycles. The first-order chi connectivity index (χ1) is 11.0. The largest absolute Gasteiger partial charge is 0.477 e. The number of carboxylic acid groups (broad SMARTS) is 1. The lowest BCUT2D eigenvalue weighted by Gasteiger charge is -2.13. The van der Waals surface area contributed by atoms with Gasteiger partial charge in [-0.05, 0) is 55.0 Å². The van der Waals surface area contributed by atoms with E-state index in [1.165, 1.54) is 24.3 Å². The van der Waals surface area contributed by atoms with Gasteiger partial charge in [-0.3, -0.25) is 4.79 Å². The maximum absolute atomic E-state index is 13.0. The van der Waals surface area contributed by atoms with E-state index in [9.17, 15) is 14.0 Å². The number of carboxylic acids is 1. The predicted molar refractivity (Wildman–Crippen MR) is 85.5 cm³/mol. The first-order valence-corrected chi connectivity index (χ1v) is 8.24. The number of halogens is 1. The van der Waals surface area contributed by atoms with Crippen molar-refractivity contribution in [2.24, 2.45) is 0 Å². The average molecular weight is 333 g/mol. The third-order valence-corrected chi connectivity index (χ3v) is 5.22. The molecule has 0 radical (unpaired) electrons. The number of nitrogens with one attached hydrogen (secondary N) is 1. The zero-order valence-corrected chi connectivity index (χ0v) is 13.1. The van der Waals surface area contributed by atoms with Gasteiger partial charge in [-0.15, -0.1) is 11.3 Å². The quantitative estimate of drug-likeness (QED) is 0.897. The van der Waals surface area contributed by atoms with Gasteiger partial charge in [0.1, 0.15) is 10.7 Å². The summed E-state index contributed by atoms with van der Waals surface area (Å²) in [5, 5.41) is 11.9. The molecular formula is C17H16FNO3S. The molecule has 0 aliphatic heterocycles. The molecule has 4 nitrogen and oxygen atoms in total. The Hall–Kier alpha value is -2.21. The van der Waals surface area contributed by atoms with Gasteiger partial charge < -0.3 is 10.4 Å². The average Bonchev–Trinajstić information content (AvgIpc) is 3.17. The maximum Gasteiger partial charge on any atom is 0.345 e. The lowest BCUT2D eigenvalue weighted by atomic mass is 9.97. The molecule has 6 heteroatoms. The molecule has 1 saturated carbocycles. The molecule has 120 valence electrons. The summed E-state index contributed by atoms with van der Waals surface area (Å²) in [6.45, 7) is 0. The Labute approximate surface area is 137 Å². The summed E-state index contributed by atoms with van der Waals surface area (Å²) >= 11 is 0.978. The predicted octanol–water partition coefficient (Wildman–Crippen LogP) is 3.65. The molecule has 2 aromatic rings. The van der Waals surface area contributed by atoms with Gasteiger partial charge >= 0.3 is 5.97 Å². The third-order valence-electron chi connectivity index (χ3n) is 4.15. The summed E-state index contributed by atoms with van der Waals surface area (Å²) in [5.41, 5.74) is 1.09. The Balaban J connectivity index is 1.59. The summed E-state index contributed by atoms with van der Waals surface area (Å²) < 4.78 is 13.0. The highest BCUT2D eigenvalue weighted by Gasteiger charge is 2.27. The SMILES string of the molecule is O=C(O)c1ccc(C(=O)NC2CCC(c3ccc(F)cc3)C2)s1. The fourth-order valence-electron chi connectivity index (χ4n) is 2.98. The highest BCUT2D eigenvalue weighted by atomic mass is 32.1. The third kappa shape index (κ3) is 3.59. The van der Waals surface area contributed by atoms with E-state index in [1.807, 2.05) is 0 Å². The van der Waals surface area contributed by atoms with Crippen molar-refractivity contribution in [3.05, 3.63) is 57.5 Å². The zero-order chi connectivity index (χ0) is 16.4. The Morgan fingerprint density at radius 3 is 2.43 bits per heavy atom. The van der Waals surface area contributed by atoms with Crippen LogP contribution in [0.2, 0.25) is 0 Å². The summed E-state index contributed by atoms with van der Waals surface area (Å²) in [6, 6.07) is 9.55. The van der Waals surface area contributed by atoms with Crippen LogP contribution in [0.15, 0.2) is 36.4 Å². The van der Waals surface area contributed by atoms with Gasteiger partial charge in [0.25, 0.3) is 5.91 Å². The Morgan fingerprint density at radius 1 is 1.09 bits per heavy atom. The summed E-state index contributed by atoms with van der Waals surface area (Å²) in [6.07, 6.45) is 2.63. The van der Waals surface area contributed by atoms with Crippen molar-refractivity contribution in [1.29, 1.82) is 0 Å². The second-order valence-electron chi connectivity index (χ2n) is 5.70. The Kier molecular flexibility index (Phi) is 4.43. The minimum absolute atomic E-state index is 0.0629. The normalized spacial score (nSPS) is 20.4. The number of hydrogen-bond donors (Lipinski definition) is 2. The maximum atomic E-state index is 13.0. The molecule has 1 heterocycles. The van der Waals surface area contributed by atoms with Crippen molar-refractivity contribution >= 4 is 23.2 Å². The summed E-state index contributed by atoms with van der Waals surface area (Å²) in [7, 11) is 0. The molecule has 1 amide bonds. The Bertz CT molecular complexity index is 726. The van der Waals surface area contributed by atoms with E-state index in [-0.39, 0.29) is 22.6 Å². The zero-order valence-electron chi connectivity index (χ0n) is 12.3. The van der Waals surface area contributed by atoms with Gasteiger partial charge in [0, 0.05) is 6.04 Å². The molecule has 2 unspecified atom stereocenters. The van der Waals surface area contributed by atoms with Gasteiger partial charge in [0.15, 0.2) is 0 Å². The number of amides is 1. The first-order valence-electron chi connectivity index (χ1n) is 7.42. The van der Waals surface area contributed by atoms with Crippen molar-refractivity contribution < 1.29 is 19.1 Å². The topological polar surface area (TPSA) is 66.4 Å². The van der Waals surface area contributed by atoms with Gasteiger partial charge in [0.2, 0.25) is 0 Å². The standard InChI is InChI=1S/C17H16FNO3S/c18-12-4-1-10(2-5-12)11-3-6-13(9-11)19-16(20)14-7-8-15(23-14)17(21)22/h1-2,4-5,7-8,11,13H,3,6,9H2,(H,19,20)(H,21,22). The fraction of sp³-hybridized carbons (Fsp3) is 0.294. The van der Waals surface area contributed by atoms with Gasteiger partial charge in [-0.25, -0.2) is 9.18 Å².